The quantitative estimate of drug-likeness (QED) is 0.400. The Balaban J connectivity index is 1.90. The van der Waals surface area contributed by atoms with E-state index in [-0.39, 0.29) is 24.9 Å². The molecule has 1 N–H and O–H groups in total. The molecule has 3 unspecified atom stereocenters. The van der Waals surface area contributed by atoms with Crippen LogP contribution >= 0.6 is 11.3 Å². The summed E-state index contributed by atoms with van der Waals surface area (Å²) >= 11 is 1.53. The summed E-state index contributed by atoms with van der Waals surface area (Å²) in [7, 11) is 0. The van der Waals surface area contributed by atoms with E-state index in [0.29, 0.717) is 24.0 Å². The van der Waals surface area contributed by atoms with E-state index in [1.807, 2.05) is 47.8 Å². The van der Waals surface area contributed by atoms with Gasteiger partial charge >= 0.3 is 11.9 Å². The second-order valence-electron chi connectivity index (χ2n) is 8.64. The van der Waals surface area contributed by atoms with Gasteiger partial charge in [-0.3, -0.25) is 9.59 Å². The minimum absolute atomic E-state index is 0.195. The highest BCUT2D eigenvalue weighted by Crippen LogP contribution is 2.49. The molecular weight excluding hydrogens is 462 g/mol. The average molecular weight is 494 g/mol. The van der Waals surface area contributed by atoms with Crippen molar-refractivity contribution in [1.29, 1.82) is 0 Å². The van der Waals surface area contributed by atoms with Gasteiger partial charge in [0.1, 0.15) is 5.92 Å². The van der Waals surface area contributed by atoms with Gasteiger partial charge in [0.15, 0.2) is 5.78 Å². The van der Waals surface area contributed by atoms with E-state index in [4.69, 9.17) is 9.47 Å². The molecule has 6 nitrogen and oxygen atoms in total. The Morgan fingerprint density at radius 3 is 2.40 bits per heavy atom. The fourth-order valence-corrected chi connectivity index (χ4v) is 5.96. The van der Waals surface area contributed by atoms with Gasteiger partial charge in [-0.25, -0.2) is 4.79 Å². The van der Waals surface area contributed by atoms with E-state index in [2.05, 4.69) is 12.2 Å². The van der Waals surface area contributed by atoms with Crippen LogP contribution in [0.5, 0.6) is 0 Å². The normalized spacial score (nSPS) is 21.9. The molecule has 1 aliphatic carbocycles. The van der Waals surface area contributed by atoms with Crippen LogP contribution in [0.2, 0.25) is 0 Å². The minimum Gasteiger partial charge on any atom is -0.465 e. The lowest BCUT2D eigenvalue weighted by molar-refractivity contribution is -0.152. The maximum absolute atomic E-state index is 14.2. The summed E-state index contributed by atoms with van der Waals surface area (Å²) in [4.78, 5) is 41.6. The number of hydrogen-bond donors (Lipinski definition) is 1. The fraction of sp³-hybridized carbons (Fsp3) is 0.393. The first-order valence-corrected chi connectivity index (χ1v) is 13.1. The molecule has 35 heavy (non-hydrogen) atoms. The Bertz CT molecular complexity index is 1150. The number of ketones is 1. The van der Waals surface area contributed by atoms with Gasteiger partial charge in [-0.05, 0) is 43.7 Å². The molecule has 7 heteroatoms. The maximum Gasteiger partial charge on any atom is 0.336 e. The van der Waals surface area contributed by atoms with E-state index < -0.39 is 23.8 Å². The predicted octanol–water partition coefficient (Wildman–Crippen LogP) is 5.24. The van der Waals surface area contributed by atoms with Crippen LogP contribution < -0.4 is 5.32 Å². The smallest absolute Gasteiger partial charge is 0.336 e. The largest absolute Gasteiger partial charge is 0.465 e. The van der Waals surface area contributed by atoms with Crippen LogP contribution in [-0.2, 0) is 23.9 Å². The third-order valence-corrected chi connectivity index (χ3v) is 7.49. The second kappa shape index (κ2) is 11.0. The highest BCUT2D eigenvalue weighted by molar-refractivity contribution is 7.10. The number of esters is 2. The molecule has 0 spiro atoms. The van der Waals surface area contributed by atoms with Gasteiger partial charge in [-0.2, -0.15) is 0 Å². The van der Waals surface area contributed by atoms with Crippen LogP contribution in [-0.4, -0.2) is 30.9 Å². The molecule has 2 aliphatic rings. The maximum atomic E-state index is 14.2. The van der Waals surface area contributed by atoms with Crippen molar-refractivity contribution in [2.45, 2.75) is 51.9 Å². The summed E-state index contributed by atoms with van der Waals surface area (Å²) < 4.78 is 10.8. The van der Waals surface area contributed by atoms with Crippen molar-refractivity contribution < 1.29 is 23.9 Å². The van der Waals surface area contributed by atoms with Crippen molar-refractivity contribution in [1.82, 2.24) is 5.32 Å². The lowest BCUT2D eigenvalue weighted by Gasteiger charge is -2.39. The number of hydrogen-bond acceptors (Lipinski definition) is 7. The number of ether oxygens (including phenoxy) is 2. The molecule has 0 saturated heterocycles. The summed E-state index contributed by atoms with van der Waals surface area (Å²) in [6, 6.07) is 13.4. The van der Waals surface area contributed by atoms with Crippen molar-refractivity contribution in [2.75, 3.05) is 13.2 Å². The van der Waals surface area contributed by atoms with E-state index in [9.17, 15) is 14.4 Å². The Morgan fingerprint density at radius 2 is 1.77 bits per heavy atom. The van der Waals surface area contributed by atoms with Crippen molar-refractivity contribution in [2.24, 2.45) is 5.92 Å². The molecule has 2 heterocycles. The standard InChI is InChI=1S/C28H31NO5S/c1-4-11-19-25(28(32)34-6-3)22(17-12-8-7-9-13-17)24-20(29-19)16-18(21-14-10-15-35-21)23(26(24)30)27(31)33-5-2/h7-10,12-15,18,22-23,29H,4-6,11,16H2,1-3H3. The Labute approximate surface area is 210 Å². The van der Waals surface area contributed by atoms with E-state index >= 15 is 0 Å². The second-order valence-corrected chi connectivity index (χ2v) is 9.62. The molecule has 4 rings (SSSR count). The number of rotatable bonds is 8. The van der Waals surface area contributed by atoms with Crippen LogP contribution in [0, 0.1) is 5.92 Å². The lowest BCUT2D eigenvalue weighted by Crippen LogP contribution is -2.43. The van der Waals surface area contributed by atoms with Gasteiger partial charge in [-0.15, -0.1) is 11.3 Å². The van der Waals surface area contributed by atoms with Crippen molar-refractivity contribution >= 4 is 29.1 Å². The first-order valence-electron chi connectivity index (χ1n) is 12.2. The highest BCUT2D eigenvalue weighted by Gasteiger charge is 2.49. The number of Topliss-reactive ketones (excluding diaryl/α,β-unsaturated/α-hetero) is 1. The van der Waals surface area contributed by atoms with Crippen molar-refractivity contribution in [3.63, 3.8) is 0 Å². The summed E-state index contributed by atoms with van der Waals surface area (Å²) in [6.45, 7) is 5.99. The van der Waals surface area contributed by atoms with Gasteiger partial charge < -0.3 is 14.8 Å². The van der Waals surface area contributed by atoms with Crippen molar-refractivity contribution in [3.8, 4) is 0 Å². The Hall–Kier alpha value is -3.19. The third-order valence-electron chi connectivity index (χ3n) is 6.48. The van der Waals surface area contributed by atoms with Crippen LogP contribution in [0.4, 0.5) is 0 Å². The molecule has 184 valence electrons. The zero-order chi connectivity index (χ0) is 24.9. The Morgan fingerprint density at radius 1 is 1.03 bits per heavy atom. The lowest BCUT2D eigenvalue weighted by atomic mass is 9.68. The number of dihydropyridines is 1. The summed E-state index contributed by atoms with van der Waals surface area (Å²) in [5.74, 6) is -3.14. The fourth-order valence-electron chi connectivity index (χ4n) is 5.10. The van der Waals surface area contributed by atoms with E-state index in [1.165, 1.54) is 11.3 Å². The summed E-state index contributed by atoms with van der Waals surface area (Å²) in [5, 5.41) is 5.40. The molecule has 1 aromatic carbocycles. The third kappa shape index (κ3) is 4.82. The number of nitrogens with one attached hydrogen (secondary N) is 1. The molecule has 3 atom stereocenters. The molecule has 1 aliphatic heterocycles. The first-order chi connectivity index (χ1) is 17.0. The molecule has 0 saturated carbocycles. The van der Waals surface area contributed by atoms with Crippen LogP contribution in [0.25, 0.3) is 0 Å². The van der Waals surface area contributed by atoms with Crippen LogP contribution in [0.15, 0.2) is 70.4 Å². The summed E-state index contributed by atoms with van der Waals surface area (Å²) in [5.41, 5.74) is 3.29. The average Bonchev–Trinajstić information content (AvgIpc) is 3.39. The number of allylic oxidation sites excluding steroid dienone is 3. The van der Waals surface area contributed by atoms with Crippen LogP contribution in [0.3, 0.4) is 0 Å². The zero-order valence-corrected chi connectivity index (χ0v) is 21.2. The molecule has 0 fully saturated rings. The van der Waals surface area contributed by atoms with Crippen LogP contribution in [0.1, 0.15) is 62.3 Å². The summed E-state index contributed by atoms with van der Waals surface area (Å²) in [6.07, 6.45) is 1.95. The molecule has 0 bridgehead atoms. The Kier molecular flexibility index (Phi) is 7.86. The predicted molar refractivity (Wildman–Crippen MR) is 135 cm³/mol. The number of thiophene rings is 1. The number of benzene rings is 1. The van der Waals surface area contributed by atoms with Gasteiger partial charge in [-0.1, -0.05) is 49.7 Å². The number of carbonyl (C=O) groups excluding carboxylic acids is 3. The van der Waals surface area contributed by atoms with Gasteiger partial charge in [0, 0.05) is 33.7 Å². The number of carbonyl (C=O) groups is 3. The van der Waals surface area contributed by atoms with Crippen molar-refractivity contribution in [3.05, 3.63) is 80.8 Å². The monoisotopic (exact) mass is 493 g/mol. The van der Waals surface area contributed by atoms with Gasteiger partial charge in [0.2, 0.25) is 0 Å². The van der Waals surface area contributed by atoms with E-state index in [1.54, 1.807) is 13.8 Å². The van der Waals surface area contributed by atoms with Gasteiger partial charge in [0.25, 0.3) is 0 Å². The first kappa shape index (κ1) is 24.9. The van der Waals surface area contributed by atoms with Gasteiger partial charge in [0.05, 0.1) is 18.8 Å². The zero-order valence-electron chi connectivity index (χ0n) is 20.3. The minimum atomic E-state index is -0.962. The highest BCUT2D eigenvalue weighted by atomic mass is 32.1. The SMILES string of the molecule is CCCC1=C(C(=O)OCC)C(c2ccccc2)C2=C(CC(c3cccs3)C(C(=O)OCC)C2=O)N1. The topological polar surface area (TPSA) is 81.7 Å². The molecule has 0 amide bonds. The molecule has 0 radical (unpaired) electrons. The molecule has 1 aromatic heterocycles. The molecule has 2 aromatic rings. The molecular formula is C28H31NO5S. The van der Waals surface area contributed by atoms with E-state index in [0.717, 1.165) is 28.3 Å².